The molecule has 0 saturated heterocycles. The molecule has 34 heavy (non-hydrogen) atoms. The van der Waals surface area contributed by atoms with E-state index >= 15 is 0 Å². The first-order valence-corrected chi connectivity index (χ1v) is 17.7. The Labute approximate surface area is 204 Å². The number of hydrogen-bond donors (Lipinski definition) is 0. The van der Waals surface area contributed by atoms with Gasteiger partial charge in [-0.2, -0.15) is 4.31 Å². The van der Waals surface area contributed by atoms with Crippen molar-refractivity contribution in [2.24, 2.45) is 5.92 Å². The smallest absolute Gasteiger partial charge is 0.246 e. The van der Waals surface area contributed by atoms with Gasteiger partial charge in [0.15, 0.2) is 0 Å². The fourth-order valence-electron chi connectivity index (χ4n) is 5.21. The van der Waals surface area contributed by atoms with Crippen LogP contribution in [0.2, 0.25) is 25.7 Å². The highest BCUT2D eigenvalue weighted by Crippen LogP contribution is 2.59. The molecule has 1 aromatic carbocycles. The molecule has 2 saturated carbocycles. The summed E-state index contributed by atoms with van der Waals surface area (Å²) >= 11 is 0. The van der Waals surface area contributed by atoms with Gasteiger partial charge >= 0.3 is 0 Å². The van der Waals surface area contributed by atoms with Gasteiger partial charge in [0.1, 0.15) is 12.4 Å². The predicted octanol–water partition coefficient (Wildman–Crippen LogP) is 5.82. The van der Waals surface area contributed by atoms with Crippen LogP contribution in [0.5, 0.6) is 0 Å². The number of benzene rings is 1. The zero-order valence-electron chi connectivity index (χ0n) is 21.0. The molecule has 0 aliphatic heterocycles. The summed E-state index contributed by atoms with van der Waals surface area (Å²) in [6, 6.07) is 5.05. The average molecular weight is 505 g/mol. The van der Waals surface area contributed by atoms with Crippen LogP contribution >= 0.6 is 0 Å². The fraction of sp³-hybridized carbons (Fsp3) is 0.654. The molecule has 2 aromatic rings. The molecular formula is C26H37FN2O3SSi. The number of alkyl halides is 1. The van der Waals surface area contributed by atoms with Crippen molar-refractivity contribution in [2.75, 3.05) is 19.9 Å². The van der Waals surface area contributed by atoms with Crippen LogP contribution in [0.1, 0.15) is 61.8 Å². The molecule has 0 N–H and O–H groups in total. The summed E-state index contributed by atoms with van der Waals surface area (Å²) in [6.45, 7) is 9.75. The first-order chi connectivity index (χ1) is 15.8. The number of pyridine rings is 1. The fourth-order valence-corrected chi connectivity index (χ4v) is 7.93. The van der Waals surface area contributed by atoms with E-state index in [2.05, 4.69) is 30.7 Å². The van der Waals surface area contributed by atoms with E-state index in [9.17, 15) is 12.8 Å². The van der Waals surface area contributed by atoms with E-state index in [1.54, 1.807) is 0 Å². The third-order valence-corrected chi connectivity index (χ3v) is 10.8. The van der Waals surface area contributed by atoms with Gasteiger partial charge in [-0.15, -0.1) is 0 Å². The van der Waals surface area contributed by atoms with E-state index < -0.39 is 23.8 Å². The van der Waals surface area contributed by atoms with E-state index in [0.29, 0.717) is 29.3 Å². The molecule has 1 aromatic heterocycles. The summed E-state index contributed by atoms with van der Waals surface area (Å²) < 4.78 is 50.6. The maximum absolute atomic E-state index is 14.9. The number of nitrogens with zero attached hydrogens (tertiary/aromatic N) is 2. The van der Waals surface area contributed by atoms with Gasteiger partial charge in [0.05, 0.1) is 4.90 Å². The standard InChI is InChI=1S/C26H37FN2O3SSi/c1-26(2,27)15-29(16-32-8-9-34(3,4)5)33(30,31)25-22-13-23(17-6-7-17)28-14-20(22)11-19-10-18-12-21(18)24(19)25/h11,13-14,17-18,21H,6-10,12,15-16H2,1-5H3. The van der Waals surface area contributed by atoms with Crippen LogP contribution < -0.4 is 0 Å². The van der Waals surface area contributed by atoms with Gasteiger partial charge in [0.2, 0.25) is 10.0 Å². The third kappa shape index (κ3) is 4.97. The molecule has 3 aliphatic carbocycles. The third-order valence-electron chi connectivity index (χ3n) is 7.27. The van der Waals surface area contributed by atoms with Crippen molar-refractivity contribution < 1.29 is 17.5 Å². The summed E-state index contributed by atoms with van der Waals surface area (Å²) in [7, 11) is -5.30. The number of ether oxygens (including phenoxy) is 1. The van der Waals surface area contributed by atoms with Crippen molar-refractivity contribution in [1.29, 1.82) is 0 Å². The Kier molecular flexibility index (Phi) is 5.98. The summed E-state index contributed by atoms with van der Waals surface area (Å²) in [5.74, 6) is 1.26. The van der Waals surface area contributed by atoms with Gasteiger partial charge in [-0.3, -0.25) is 4.98 Å². The molecule has 2 atom stereocenters. The van der Waals surface area contributed by atoms with Gasteiger partial charge in [-0.05, 0) is 80.7 Å². The average Bonchev–Trinajstić information content (AvgIpc) is 3.64. The number of halogens is 1. The lowest BCUT2D eigenvalue weighted by Crippen LogP contribution is -2.42. The quantitative estimate of drug-likeness (QED) is 0.232. The summed E-state index contributed by atoms with van der Waals surface area (Å²) in [4.78, 5) is 5.03. The van der Waals surface area contributed by atoms with E-state index in [4.69, 9.17) is 4.74 Å². The first-order valence-electron chi connectivity index (χ1n) is 12.6. The Morgan fingerprint density at radius 3 is 2.62 bits per heavy atom. The molecule has 0 radical (unpaired) electrons. The number of sulfonamides is 1. The second kappa shape index (κ2) is 8.35. The van der Waals surface area contributed by atoms with Crippen LogP contribution in [-0.2, 0) is 21.2 Å². The van der Waals surface area contributed by atoms with Gasteiger partial charge in [-0.25, -0.2) is 12.8 Å². The van der Waals surface area contributed by atoms with Gasteiger partial charge < -0.3 is 4.74 Å². The Bertz CT molecular complexity index is 1220. The minimum Gasteiger partial charge on any atom is -0.365 e. The van der Waals surface area contributed by atoms with Crippen LogP contribution in [0, 0.1) is 5.92 Å². The molecule has 5 rings (SSSR count). The lowest BCUT2D eigenvalue weighted by atomic mass is 10.00. The maximum atomic E-state index is 14.9. The molecule has 0 bridgehead atoms. The highest BCUT2D eigenvalue weighted by atomic mass is 32.2. The van der Waals surface area contributed by atoms with E-state index in [0.717, 1.165) is 59.3 Å². The van der Waals surface area contributed by atoms with E-state index in [1.165, 1.54) is 18.2 Å². The molecule has 186 valence electrons. The minimum absolute atomic E-state index is 0.125. The van der Waals surface area contributed by atoms with Crippen LogP contribution in [0.4, 0.5) is 4.39 Å². The lowest BCUT2D eigenvalue weighted by molar-refractivity contribution is 0.0537. The second-order valence-electron chi connectivity index (χ2n) is 12.4. The monoisotopic (exact) mass is 504 g/mol. The predicted molar refractivity (Wildman–Crippen MR) is 136 cm³/mol. The Morgan fingerprint density at radius 2 is 1.97 bits per heavy atom. The Morgan fingerprint density at radius 1 is 1.24 bits per heavy atom. The first kappa shape index (κ1) is 24.3. The number of fused-ring (bicyclic) bond motifs is 4. The largest absolute Gasteiger partial charge is 0.365 e. The summed E-state index contributed by atoms with van der Waals surface area (Å²) in [5.41, 5.74) is 1.38. The molecule has 2 fully saturated rings. The van der Waals surface area contributed by atoms with Crippen molar-refractivity contribution in [1.82, 2.24) is 9.29 Å². The molecule has 3 aliphatic rings. The Hall–Kier alpha value is -1.35. The molecule has 0 amide bonds. The van der Waals surface area contributed by atoms with E-state index in [-0.39, 0.29) is 13.3 Å². The number of hydrogen-bond acceptors (Lipinski definition) is 4. The molecular weight excluding hydrogens is 467 g/mol. The molecule has 1 heterocycles. The highest BCUT2D eigenvalue weighted by molar-refractivity contribution is 7.89. The van der Waals surface area contributed by atoms with Crippen molar-refractivity contribution in [3.8, 4) is 0 Å². The lowest BCUT2D eigenvalue weighted by Gasteiger charge is -2.29. The Balaban J connectivity index is 1.57. The molecule has 5 nitrogen and oxygen atoms in total. The normalized spacial score (nSPS) is 22.3. The topological polar surface area (TPSA) is 59.5 Å². The van der Waals surface area contributed by atoms with Crippen LogP contribution in [-0.4, -0.2) is 51.3 Å². The number of rotatable bonds is 10. The summed E-state index contributed by atoms with van der Waals surface area (Å²) in [6.07, 6.45) is 6.00. The second-order valence-corrected chi connectivity index (χ2v) is 19.9. The van der Waals surface area contributed by atoms with Gasteiger partial charge in [-0.1, -0.05) is 19.6 Å². The SMILES string of the molecule is CC(C)(F)CN(COCC[Si](C)(C)C)S(=O)(=O)c1c2c(cc3cnc(C4CC4)cc13)CC1CC21. The zero-order chi connectivity index (χ0) is 24.5. The van der Waals surface area contributed by atoms with Gasteiger partial charge in [0.25, 0.3) is 0 Å². The van der Waals surface area contributed by atoms with Crippen molar-refractivity contribution in [2.45, 2.75) is 87.6 Å². The van der Waals surface area contributed by atoms with E-state index in [1.807, 2.05) is 12.3 Å². The van der Waals surface area contributed by atoms with Crippen LogP contribution in [0.3, 0.4) is 0 Å². The minimum atomic E-state index is -3.98. The zero-order valence-corrected chi connectivity index (χ0v) is 22.8. The van der Waals surface area contributed by atoms with Crippen molar-refractivity contribution in [3.63, 3.8) is 0 Å². The summed E-state index contributed by atoms with van der Waals surface area (Å²) in [5, 5.41) is 1.61. The molecule has 2 unspecified atom stereocenters. The van der Waals surface area contributed by atoms with Gasteiger partial charge in [0, 0.05) is 49.8 Å². The number of aromatic nitrogens is 1. The maximum Gasteiger partial charge on any atom is 0.246 e. The molecule has 0 spiro atoms. The van der Waals surface area contributed by atoms with Crippen molar-refractivity contribution >= 4 is 28.9 Å². The van der Waals surface area contributed by atoms with Crippen LogP contribution in [0.15, 0.2) is 23.2 Å². The molecule has 8 heteroatoms. The van der Waals surface area contributed by atoms with Crippen molar-refractivity contribution in [3.05, 3.63) is 35.2 Å². The van der Waals surface area contributed by atoms with Crippen LogP contribution in [0.25, 0.3) is 10.8 Å². The highest BCUT2D eigenvalue weighted by Gasteiger charge is 2.49.